The molecule has 0 spiro atoms. The van der Waals surface area contributed by atoms with E-state index in [2.05, 4.69) is 62.4 Å². The molecule has 0 fully saturated rings. The molecule has 0 aliphatic carbocycles. The van der Waals surface area contributed by atoms with Crippen molar-refractivity contribution in [3.05, 3.63) is 40.1 Å². The van der Waals surface area contributed by atoms with Crippen LogP contribution in [0, 0.1) is 13.8 Å². The third-order valence-electron chi connectivity index (χ3n) is 3.11. The Morgan fingerprint density at radius 3 is 2.45 bits per heavy atom. The summed E-state index contributed by atoms with van der Waals surface area (Å²) in [6.07, 6.45) is 1.74. The molecule has 3 rings (SSSR count). The number of nitrogens with zero attached hydrogens (tertiary/aromatic N) is 6. The first-order chi connectivity index (χ1) is 9.58. The fourth-order valence-electron chi connectivity index (χ4n) is 2.17. The summed E-state index contributed by atoms with van der Waals surface area (Å²) in [5, 5.41) is 16.5. The average Bonchev–Trinajstić information content (AvgIpc) is 2.97. The molecule has 0 aliphatic rings. The summed E-state index contributed by atoms with van der Waals surface area (Å²) >= 11 is 3.59. The minimum atomic E-state index is 0.553. The molecule has 0 N–H and O–H groups in total. The highest BCUT2D eigenvalue weighted by Crippen LogP contribution is 2.29. The number of tetrazole rings is 1. The third kappa shape index (κ3) is 2.03. The fourth-order valence-corrected chi connectivity index (χ4v) is 2.72. The van der Waals surface area contributed by atoms with Gasteiger partial charge in [-0.25, -0.2) is 4.68 Å². The molecular weight excluding hydrogens is 320 g/mol. The highest BCUT2D eigenvalue weighted by atomic mass is 79.9. The number of hydrogen-bond donors (Lipinski definition) is 0. The molecule has 0 unspecified atom stereocenters. The lowest BCUT2D eigenvalue weighted by atomic mass is 10.1. The number of halogens is 1. The van der Waals surface area contributed by atoms with Crippen LogP contribution in [0.25, 0.3) is 17.1 Å². The quantitative estimate of drug-likeness (QED) is 0.723. The first kappa shape index (κ1) is 13.0. The van der Waals surface area contributed by atoms with E-state index in [1.54, 1.807) is 13.2 Å². The Bertz CT molecular complexity index is 753. The van der Waals surface area contributed by atoms with Crippen LogP contribution < -0.4 is 0 Å². The SMILES string of the molecule is Cc1cccc(C)c1-n1ncc(-c2nnn(C)n2)c1Br. The zero-order chi connectivity index (χ0) is 14.3. The largest absolute Gasteiger partial charge is 0.225 e. The van der Waals surface area contributed by atoms with E-state index in [0.717, 1.165) is 27.0 Å². The highest BCUT2D eigenvalue weighted by molar-refractivity contribution is 9.10. The smallest absolute Gasteiger partial charge is 0.209 e. The van der Waals surface area contributed by atoms with Gasteiger partial charge in [0.25, 0.3) is 0 Å². The van der Waals surface area contributed by atoms with Gasteiger partial charge in [-0.2, -0.15) is 9.90 Å². The second-order valence-corrected chi connectivity index (χ2v) is 5.35. The predicted molar refractivity (Wildman–Crippen MR) is 78.5 cm³/mol. The van der Waals surface area contributed by atoms with Crippen molar-refractivity contribution in [3.8, 4) is 17.1 Å². The minimum absolute atomic E-state index is 0.553. The molecule has 0 amide bonds. The summed E-state index contributed by atoms with van der Waals surface area (Å²) in [5.41, 5.74) is 4.20. The normalized spacial score (nSPS) is 11.0. The lowest BCUT2D eigenvalue weighted by Crippen LogP contribution is -2.02. The number of hydrogen-bond acceptors (Lipinski definition) is 4. The number of aromatic nitrogens is 6. The maximum Gasteiger partial charge on any atom is 0.209 e. The molecule has 0 saturated heterocycles. The van der Waals surface area contributed by atoms with Crippen molar-refractivity contribution in [1.29, 1.82) is 0 Å². The third-order valence-corrected chi connectivity index (χ3v) is 3.87. The fraction of sp³-hybridized carbons (Fsp3) is 0.231. The van der Waals surface area contributed by atoms with Crippen LogP contribution in [-0.4, -0.2) is 30.0 Å². The summed E-state index contributed by atoms with van der Waals surface area (Å²) in [6.45, 7) is 4.13. The van der Waals surface area contributed by atoms with Gasteiger partial charge in [-0.3, -0.25) is 0 Å². The van der Waals surface area contributed by atoms with E-state index in [4.69, 9.17) is 0 Å². The van der Waals surface area contributed by atoms with Crippen molar-refractivity contribution in [3.63, 3.8) is 0 Å². The average molecular weight is 333 g/mol. The van der Waals surface area contributed by atoms with E-state index in [9.17, 15) is 0 Å². The van der Waals surface area contributed by atoms with Gasteiger partial charge < -0.3 is 0 Å². The van der Waals surface area contributed by atoms with Gasteiger partial charge in [0, 0.05) is 0 Å². The minimum Gasteiger partial charge on any atom is -0.225 e. The lowest BCUT2D eigenvalue weighted by Gasteiger charge is -2.10. The van der Waals surface area contributed by atoms with Crippen LogP contribution in [0.2, 0.25) is 0 Å². The molecule has 0 saturated carbocycles. The van der Waals surface area contributed by atoms with E-state index in [-0.39, 0.29) is 0 Å². The first-order valence-electron chi connectivity index (χ1n) is 6.12. The molecule has 0 radical (unpaired) electrons. The van der Waals surface area contributed by atoms with Gasteiger partial charge in [0.2, 0.25) is 5.82 Å². The monoisotopic (exact) mass is 332 g/mol. The predicted octanol–water partition coefficient (Wildman–Crippen LogP) is 2.44. The molecule has 1 aromatic carbocycles. The van der Waals surface area contributed by atoms with Crippen LogP contribution in [0.5, 0.6) is 0 Å². The van der Waals surface area contributed by atoms with Gasteiger partial charge in [0.1, 0.15) is 4.60 Å². The van der Waals surface area contributed by atoms with E-state index in [1.807, 2.05) is 10.7 Å². The Morgan fingerprint density at radius 2 is 1.85 bits per heavy atom. The molecule has 20 heavy (non-hydrogen) atoms. The van der Waals surface area contributed by atoms with Crippen LogP contribution in [0.3, 0.4) is 0 Å². The van der Waals surface area contributed by atoms with Crippen LogP contribution in [0.15, 0.2) is 29.0 Å². The summed E-state index contributed by atoms with van der Waals surface area (Å²) in [6, 6.07) is 6.17. The van der Waals surface area contributed by atoms with Gasteiger partial charge in [-0.1, -0.05) is 18.2 Å². The molecule has 6 nitrogen and oxygen atoms in total. The van der Waals surface area contributed by atoms with Crippen molar-refractivity contribution < 1.29 is 0 Å². The van der Waals surface area contributed by atoms with Gasteiger partial charge in [-0.05, 0) is 46.1 Å². The molecule has 0 bridgehead atoms. The molecule has 2 aromatic heterocycles. The number of para-hydroxylation sites is 1. The first-order valence-corrected chi connectivity index (χ1v) is 6.91. The second-order valence-electron chi connectivity index (χ2n) is 4.60. The molecule has 7 heteroatoms. The van der Waals surface area contributed by atoms with Crippen LogP contribution in [0.1, 0.15) is 11.1 Å². The van der Waals surface area contributed by atoms with Crippen molar-refractivity contribution >= 4 is 15.9 Å². The second kappa shape index (κ2) is 4.82. The van der Waals surface area contributed by atoms with Crippen molar-refractivity contribution in [2.45, 2.75) is 13.8 Å². The number of rotatable bonds is 2. The Hall–Kier alpha value is -2.02. The van der Waals surface area contributed by atoms with Crippen molar-refractivity contribution in [1.82, 2.24) is 30.0 Å². The molecule has 3 aromatic rings. The Balaban J connectivity index is 2.16. The van der Waals surface area contributed by atoms with Gasteiger partial charge in [0.05, 0.1) is 24.5 Å². The van der Waals surface area contributed by atoms with E-state index >= 15 is 0 Å². The molecule has 0 aliphatic heterocycles. The standard InChI is InChI=1S/C13H13BrN6/c1-8-5-4-6-9(2)11(8)20-12(14)10(7-15-20)13-16-18-19(3)17-13/h4-7H,1-3H3. The lowest BCUT2D eigenvalue weighted by molar-refractivity contribution is 0.630. The zero-order valence-corrected chi connectivity index (χ0v) is 13.0. The zero-order valence-electron chi connectivity index (χ0n) is 11.4. The van der Waals surface area contributed by atoms with Gasteiger partial charge >= 0.3 is 0 Å². The summed E-state index contributed by atoms with van der Waals surface area (Å²) in [5.74, 6) is 0.553. The molecule has 102 valence electrons. The molecule has 2 heterocycles. The summed E-state index contributed by atoms with van der Waals surface area (Å²) in [4.78, 5) is 1.43. The topological polar surface area (TPSA) is 61.4 Å². The van der Waals surface area contributed by atoms with Gasteiger partial charge in [0.15, 0.2) is 0 Å². The van der Waals surface area contributed by atoms with E-state index in [1.165, 1.54) is 4.80 Å². The van der Waals surface area contributed by atoms with E-state index < -0.39 is 0 Å². The van der Waals surface area contributed by atoms with Crippen molar-refractivity contribution in [2.75, 3.05) is 0 Å². The highest BCUT2D eigenvalue weighted by Gasteiger charge is 2.17. The van der Waals surface area contributed by atoms with Crippen LogP contribution in [0.4, 0.5) is 0 Å². The maximum atomic E-state index is 4.45. The number of benzene rings is 1. The Kier molecular flexibility index (Phi) is 3.13. The van der Waals surface area contributed by atoms with Gasteiger partial charge in [-0.15, -0.1) is 10.2 Å². The van der Waals surface area contributed by atoms with E-state index in [0.29, 0.717) is 5.82 Å². The summed E-state index contributed by atoms with van der Waals surface area (Å²) < 4.78 is 2.68. The Morgan fingerprint density at radius 1 is 1.15 bits per heavy atom. The van der Waals surface area contributed by atoms with Crippen molar-refractivity contribution in [2.24, 2.45) is 7.05 Å². The van der Waals surface area contributed by atoms with Crippen LogP contribution in [-0.2, 0) is 7.05 Å². The maximum absolute atomic E-state index is 4.45. The molecule has 0 atom stereocenters. The number of aryl methyl sites for hydroxylation is 3. The molecular formula is C13H13BrN6. The summed E-state index contributed by atoms with van der Waals surface area (Å²) in [7, 11) is 1.74. The Labute approximate surface area is 124 Å². The van der Waals surface area contributed by atoms with Crippen LogP contribution >= 0.6 is 15.9 Å².